The number of aliphatic hydroxyl groups is 1. The van der Waals surface area contributed by atoms with Gasteiger partial charge in [-0.1, -0.05) is 43.3 Å². The molecule has 1 heterocycles. The van der Waals surface area contributed by atoms with Gasteiger partial charge in [-0.3, -0.25) is 4.79 Å². The molecule has 6 nitrogen and oxygen atoms in total. The second-order valence-corrected chi connectivity index (χ2v) is 12.0. The Hall–Kier alpha value is -3.54. The summed E-state index contributed by atoms with van der Waals surface area (Å²) >= 11 is 1.39. The number of halogens is 3. The molecular weight excluding hydrogens is 549 g/mol. The SMILES string of the molecule is CCS(=O)(=O)c1ccc([C@@H](CO)NC(=O)c2ccc(-c3csc(Cc4ccc(C(F)(F)F)cc4)n3)cc2)cc1. The van der Waals surface area contributed by atoms with Gasteiger partial charge in [0.15, 0.2) is 9.84 Å². The Kier molecular flexibility index (Phi) is 8.53. The summed E-state index contributed by atoms with van der Waals surface area (Å²) in [6, 6.07) is 17.1. The quantitative estimate of drug-likeness (QED) is 0.268. The van der Waals surface area contributed by atoms with Crippen LogP contribution >= 0.6 is 11.3 Å². The summed E-state index contributed by atoms with van der Waals surface area (Å²) in [5, 5.41) is 15.2. The summed E-state index contributed by atoms with van der Waals surface area (Å²) in [5.41, 5.74) is 2.41. The van der Waals surface area contributed by atoms with E-state index in [9.17, 15) is 31.5 Å². The third-order valence-corrected chi connectivity index (χ3v) is 8.74. The number of rotatable bonds is 9. The van der Waals surface area contributed by atoms with Gasteiger partial charge in [0.05, 0.1) is 39.6 Å². The van der Waals surface area contributed by atoms with E-state index < -0.39 is 33.5 Å². The molecular formula is C28H25F3N2O4S2. The number of nitrogens with zero attached hydrogens (tertiary/aromatic N) is 1. The molecule has 1 amide bonds. The van der Waals surface area contributed by atoms with Crippen LogP contribution in [0.25, 0.3) is 11.3 Å². The Labute approximate surface area is 228 Å². The molecule has 0 saturated heterocycles. The van der Waals surface area contributed by atoms with Crippen molar-refractivity contribution in [2.24, 2.45) is 0 Å². The van der Waals surface area contributed by atoms with Crippen LogP contribution in [0.15, 0.2) is 83.1 Å². The van der Waals surface area contributed by atoms with E-state index in [-0.39, 0.29) is 17.3 Å². The number of thiazole rings is 1. The van der Waals surface area contributed by atoms with Crippen LogP contribution in [0.3, 0.4) is 0 Å². The molecule has 0 aliphatic rings. The highest BCUT2D eigenvalue weighted by atomic mass is 32.2. The number of alkyl halides is 3. The molecule has 204 valence electrons. The minimum atomic E-state index is -4.37. The number of hydrogen-bond acceptors (Lipinski definition) is 6. The largest absolute Gasteiger partial charge is 0.416 e. The van der Waals surface area contributed by atoms with E-state index in [1.54, 1.807) is 43.3 Å². The van der Waals surface area contributed by atoms with Crippen molar-refractivity contribution in [3.8, 4) is 11.3 Å². The standard InChI is InChI=1S/C28H25F3N2O4S2/c1-2-39(36,37)23-13-9-19(10-14-23)24(16-34)33-27(35)21-7-5-20(6-8-21)25-17-38-26(32-25)15-18-3-11-22(12-4-18)28(29,30)31/h3-14,17,24,34H,2,15-16H2,1H3,(H,33,35)/t24-/m1/s1. The maximum Gasteiger partial charge on any atom is 0.416 e. The Morgan fingerprint density at radius 3 is 2.21 bits per heavy atom. The van der Waals surface area contributed by atoms with Crippen LogP contribution in [0.4, 0.5) is 13.2 Å². The van der Waals surface area contributed by atoms with Crippen molar-refractivity contribution in [1.82, 2.24) is 10.3 Å². The van der Waals surface area contributed by atoms with Gasteiger partial charge in [-0.25, -0.2) is 13.4 Å². The molecule has 39 heavy (non-hydrogen) atoms. The molecule has 0 unspecified atom stereocenters. The van der Waals surface area contributed by atoms with Gasteiger partial charge < -0.3 is 10.4 Å². The third-order valence-electron chi connectivity index (χ3n) is 6.14. The highest BCUT2D eigenvalue weighted by Crippen LogP contribution is 2.30. The van der Waals surface area contributed by atoms with Gasteiger partial charge in [-0.05, 0) is 47.5 Å². The van der Waals surface area contributed by atoms with Gasteiger partial charge in [-0.2, -0.15) is 13.2 Å². The van der Waals surface area contributed by atoms with Gasteiger partial charge in [0, 0.05) is 22.9 Å². The van der Waals surface area contributed by atoms with E-state index in [1.807, 2.05) is 5.38 Å². The van der Waals surface area contributed by atoms with Crippen LogP contribution in [-0.2, 0) is 22.4 Å². The Morgan fingerprint density at radius 2 is 1.64 bits per heavy atom. The van der Waals surface area contributed by atoms with E-state index >= 15 is 0 Å². The molecule has 0 bridgehead atoms. The van der Waals surface area contributed by atoms with Gasteiger partial charge >= 0.3 is 6.18 Å². The lowest BCUT2D eigenvalue weighted by Crippen LogP contribution is -2.30. The zero-order valence-electron chi connectivity index (χ0n) is 20.8. The summed E-state index contributed by atoms with van der Waals surface area (Å²) < 4.78 is 62.3. The minimum Gasteiger partial charge on any atom is -0.394 e. The normalized spacial score (nSPS) is 12.7. The predicted octanol–water partition coefficient (Wildman–Crippen LogP) is 5.68. The van der Waals surface area contributed by atoms with Crippen LogP contribution in [0.2, 0.25) is 0 Å². The zero-order chi connectivity index (χ0) is 28.2. The average molecular weight is 575 g/mol. The monoisotopic (exact) mass is 574 g/mol. The molecule has 0 aliphatic carbocycles. The van der Waals surface area contributed by atoms with Crippen molar-refractivity contribution >= 4 is 27.1 Å². The van der Waals surface area contributed by atoms with E-state index in [4.69, 9.17) is 0 Å². The lowest BCUT2D eigenvalue weighted by molar-refractivity contribution is -0.137. The Morgan fingerprint density at radius 1 is 1.00 bits per heavy atom. The molecule has 3 aromatic carbocycles. The Balaban J connectivity index is 1.40. The molecule has 0 fully saturated rings. The van der Waals surface area contributed by atoms with Gasteiger partial charge in [0.1, 0.15) is 0 Å². The molecule has 4 aromatic rings. The van der Waals surface area contributed by atoms with E-state index in [0.717, 1.165) is 28.3 Å². The number of carbonyl (C=O) groups excluding carboxylic acids is 1. The first-order valence-corrected chi connectivity index (χ1v) is 14.5. The van der Waals surface area contributed by atoms with Gasteiger partial charge in [0.2, 0.25) is 0 Å². The fourth-order valence-corrected chi connectivity index (χ4v) is 5.57. The van der Waals surface area contributed by atoms with Crippen molar-refractivity contribution in [3.63, 3.8) is 0 Å². The number of hydrogen-bond donors (Lipinski definition) is 2. The first kappa shape index (κ1) is 28.5. The predicted molar refractivity (Wildman–Crippen MR) is 143 cm³/mol. The maximum atomic E-state index is 12.8. The van der Waals surface area contributed by atoms with Crippen molar-refractivity contribution in [2.45, 2.75) is 30.5 Å². The lowest BCUT2D eigenvalue weighted by Gasteiger charge is -2.17. The highest BCUT2D eigenvalue weighted by molar-refractivity contribution is 7.91. The van der Waals surface area contributed by atoms with E-state index in [1.165, 1.54) is 35.6 Å². The number of benzene rings is 3. The second-order valence-electron chi connectivity index (χ2n) is 8.76. The van der Waals surface area contributed by atoms with E-state index in [2.05, 4.69) is 10.3 Å². The zero-order valence-corrected chi connectivity index (χ0v) is 22.4. The van der Waals surface area contributed by atoms with Crippen molar-refractivity contribution in [1.29, 1.82) is 0 Å². The fourth-order valence-electron chi connectivity index (χ4n) is 3.85. The summed E-state index contributed by atoms with van der Waals surface area (Å²) in [6.45, 7) is 1.19. The van der Waals surface area contributed by atoms with Crippen LogP contribution in [0, 0.1) is 0 Å². The third kappa shape index (κ3) is 6.92. The van der Waals surface area contributed by atoms with Crippen molar-refractivity contribution < 1.29 is 31.5 Å². The molecule has 0 saturated carbocycles. The number of aromatic nitrogens is 1. The average Bonchev–Trinajstić information content (AvgIpc) is 3.40. The molecule has 1 aromatic heterocycles. The molecule has 11 heteroatoms. The lowest BCUT2D eigenvalue weighted by atomic mass is 10.1. The van der Waals surface area contributed by atoms with Crippen LogP contribution in [-0.4, -0.2) is 36.8 Å². The first-order chi connectivity index (χ1) is 18.5. The summed E-state index contributed by atoms with van der Waals surface area (Å²) in [7, 11) is -3.35. The summed E-state index contributed by atoms with van der Waals surface area (Å²) in [6.07, 6.45) is -3.97. The van der Waals surface area contributed by atoms with Crippen LogP contribution in [0.1, 0.15) is 45.0 Å². The molecule has 1 atom stereocenters. The second kappa shape index (κ2) is 11.7. The van der Waals surface area contributed by atoms with Crippen molar-refractivity contribution in [3.05, 3.63) is 105 Å². The van der Waals surface area contributed by atoms with Gasteiger partial charge in [-0.15, -0.1) is 11.3 Å². The smallest absolute Gasteiger partial charge is 0.394 e. The number of carbonyl (C=O) groups is 1. The number of amides is 1. The molecule has 0 radical (unpaired) electrons. The summed E-state index contributed by atoms with van der Waals surface area (Å²) in [4.78, 5) is 17.5. The van der Waals surface area contributed by atoms with Crippen LogP contribution in [0.5, 0.6) is 0 Å². The van der Waals surface area contributed by atoms with Crippen LogP contribution < -0.4 is 5.32 Å². The Bertz CT molecular complexity index is 1530. The minimum absolute atomic E-state index is 0.0239. The fraction of sp³-hybridized carbons (Fsp3) is 0.214. The highest BCUT2D eigenvalue weighted by Gasteiger charge is 2.30. The van der Waals surface area contributed by atoms with Crippen molar-refractivity contribution in [2.75, 3.05) is 12.4 Å². The summed E-state index contributed by atoms with van der Waals surface area (Å²) in [5.74, 6) is -0.434. The number of nitrogens with one attached hydrogen (secondary N) is 1. The molecule has 0 spiro atoms. The first-order valence-electron chi connectivity index (χ1n) is 12.0. The maximum absolute atomic E-state index is 12.8. The number of aliphatic hydroxyl groups excluding tert-OH is 1. The van der Waals surface area contributed by atoms with E-state index in [0.29, 0.717) is 23.2 Å². The number of sulfone groups is 1. The topological polar surface area (TPSA) is 96.4 Å². The van der Waals surface area contributed by atoms with Gasteiger partial charge in [0.25, 0.3) is 5.91 Å². The molecule has 2 N–H and O–H groups in total. The molecule has 4 rings (SSSR count). The molecule has 0 aliphatic heterocycles.